The fourth-order valence-corrected chi connectivity index (χ4v) is 4.05. The Balaban J connectivity index is 1.76. The van der Waals surface area contributed by atoms with E-state index in [1.165, 1.54) is 24.6 Å². The van der Waals surface area contributed by atoms with Crippen LogP contribution in [0.2, 0.25) is 0 Å². The summed E-state index contributed by atoms with van der Waals surface area (Å²) in [7, 11) is 0. The van der Waals surface area contributed by atoms with E-state index in [4.69, 9.17) is 0 Å². The maximum atomic E-state index is 13.2. The number of aromatic nitrogens is 3. The quantitative estimate of drug-likeness (QED) is 0.712. The SMILES string of the molecule is Cc1nnc(S[C@H](C)C(=O)N(Cc2ccccc2)C(C)(C)C)n1C1CC1. The van der Waals surface area contributed by atoms with Crippen molar-refractivity contribution in [3.05, 3.63) is 41.7 Å². The first-order valence-electron chi connectivity index (χ1n) is 9.21. The van der Waals surface area contributed by atoms with Gasteiger partial charge in [-0.2, -0.15) is 0 Å². The maximum Gasteiger partial charge on any atom is 0.236 e. The molecule has 1 aliphatic rings. The Morgan fingerprint density at radius 1 is 1.27 bits per heavy atom. The first kappa shape index (κ1) is 19.0. The lowest BCUT2D eigenvalue weighted by molar-refractivity contribution is -0.135. The molecule has 1 heterocycles. The molecule has 6 heteroatoms. The van der Waals surface area contributed by atoms with Crippen LogP contribution in [0.15, 0.2) is 35.5 Å². The number of benzene rings is 1. The van der Waals surface area contributed by atoms with Crippen molar-refractivity contribution in [1.29, 1.82) is 0 Å². The minimum Gasteiger partial charge on any atom is -0.333 e. The van der Waals surface area contributed by atoms with Gasteiger partial charge in [-0.15, -0.1) is 10.2 Å². The normalized spacial score (nSPS) is 15.7. The number of hydrogen-bond donors (Lipinski definition) is 0. The number of rotatable bonds is 6. The topological polar surface area (TPSA) is 51.0 Å². The fourth-order valence-electron chi connectivity index (χ4n) is 3.02. The average Bonchev–Trinajstić information content (AvgIpc) is 3.36. The van der Waals surface area contributed by atoms with Gasteiger partial charge in [0.1, 0.15) is 5.82 Å². The van der Waals surface area contributed by atoms with Crippen molar-refractivity contribution in [1.82, 2.24) is 19.7 Å². The second-order valence-electron chi connectivity index (χ2n) is 7.97. The first-order chi connectivity index (χ1) is 12.3. The number of carbonyl (C=O) groups is 1. The van der Waals surface area contributed by atoms with Crippen LogP contribution in [0.4, 0.5) is 0 Å². The molecule has 0 radical (unpaired) electrons. The van der Waals surface area contributed by atoms with Crippen molar-refractivity contribution in [2.75, 3.05) is 0 Å². The van der Waals surface area contributed by atoms with Crippen LogP contribution in [0, 0.1) is 6.92 Å². The summed E-state index contributed by atoms with van der Waals surface area (Å²) in [5.41, 5.74) is 0.895. The number of hydrogen-bond acceptors (Lipinski definition) is 4. The molecule has 1 aliphatic carbocycles. The zero-order chi connectivity index (χ0) is 18.9. The molecule has 1 amide bonds. The van der Waals surface area contributed by atoms with E-state index in [2.05, 4.69) is 47.7 Å². The molecule has 2 aromatic rings. The third kappa shape index (κ3) is 4.29. The zero-order valence-electron chi connectivity index (χ0n) is 16.3. The Hall–Kier alpha value is -1.82. The highest BCUT2D eigenvalue weighted by atomic mass is 32.2. The highest BCUT2D eigenvalue weighted by Gasteiger charge is 2.33. The number of nitrogens with zero attached hydrogens (tertiary/aromatic N) is 4. The molecule has 26 heavy (non-hydrogen) atoms. The van der Waals surface area contributed by atoms with Gasteiger partial charge >= 0.3 is 0 Å². The second-order valence-corrected chi connectivity index (χ2v) is 9.28. The van der Waals surface area contributed by atoms with E-state index >= 15 is 0 Å². The Morgan fingerprint density at radius 2 is 1.92 bits per heavy atom. The van der Waals surface area contributed by atoms with Gasteiger partial charge in [0, 0.05) is 18.1 Å². The van der Waals surface area contributed by atoms with Crippen LogP contribution in [0.1, 0.15) is 58.0 Å². The van der Waals surface area contributed by atoms with Crippen LogP contribution < -0.4 is 0 Å². The largest absolute Gasteiger partial charge is 0.333 e. The molecule has 0 saturated heterocycles. The van der Waals surface area contributed by atoms with E-state index < -0.39 is 0 Å². The molecule has 1 atom stereocenters. The van der Waals surface area contributed by atoms with Crippen molar-refractivity contribution in [2.24, 2.45) is 0 Å². The zero-order valence-corrected chi connectivity index (χ0v) is 17.1. The lowest BCUT2D eigenvalue weighted by Gasteiger charge is -2.37. The summed E-state index contributed by atoms with van der Waals surface area (Å²) in [4.78, 5) is 15.2. The molecule has 1 saturated carbocycles. The molecule has 140 valence electrons. The van der Waals surface area contributed by atoms with E-state index in [0.717, 1.165) is 16.5 Å². The van der Waals surface area contributed by atoms with Gasteiger partial charge in [0.2, 0.25) is 5.91 Å². The molecular formula is C20H28N4OS. The summed E-state index contributed by atoms with van der Waals surface area (Å²) in [5, 5.41) is 9.18. The molecule has 1 fully saturated rings. The van der Waals surface area contributed by atoms with Crippen LogP contribution >= 0.6 is 11.8 Å². The van der Waals surface area contributed by atoms with Gasteiger partial charge in [-0.25, -0.2) is 0 Å². The van der Waals surface area contributed by atoms with Gasteiger partial charge < -0.3 is 9.47 Å². The summed E-state index contributed by atoms with van der Waals surface area (Å²) in [6.45, 7) is 10.8. The minimum absolute atomic E-state index is 0.134. The predicted octanol–water partition coefficient (Wildman–Crippen LogP) is 4.23. The van der Waals surface area contributed by atoms with E-state index in [1.807, 2.05) is 36.9 Å². The molecule has 0 N–H and O–H groups in total. The van der Waals surface area contributed by atoms with Gasteiger partial charge in [-0.3, -0.25) is 4.79 Å². The monoisotopic (exact) mass is 372 g/mol. The van der Waals surface area contributed by atoms with Gasteiger partial charge in [0.05, 0.1) is 5.25 Å². The molecule has 3 rings (SSSR count). The number of carbonyl (C=O) groups excluding carboxylic acids is 1. The average molecular weight is 373 g/mol. The Bertz CT molecular complexity index is 762. The molecule has 0 spiro atoms. The van der Waals surface area contributed by atoms with E-state index in [0.29, 0.717) is 12.6 Å². The molecule has 0 unspecified atom stereocenters. The van der Waals surface area contributed by atoms with E-state index in [-0.39, 0.29) is 16.7 Å². The standard InChI is InChI=1S/C20H28N4OS/c1-14(26-19-22-21-15(2)24(19)17-11-12-17)18(25)23(20(3,4)5)13-16-9-7-6-8-10-16/h6-10,14,17H,11-13H2,1-5H3/t14-/m1/s1. The lowest BCUT2D eigenvalue weighted by Crippen LogP contribution is -2.48. The molecule has 0 bridgehead atoms. The Kier molecular flexibility index (Phi) is 5.42. The van der Waals surface area contributed by atoms with Gasteiger partial charge in [-0.05, 0) is 53.0 Å². The lowest BCUT2D eigenvalue weighted by atomic mass is 10.0. The van der Waals surface area contributed by atoms with Gasteiger partial charge in [-0.1, -0.05) is 42.1 Å². The van der Waals surface area contributed by atoms with Crippen LogP contribution in [0.5, 0.6) is 0 Å². The van der Waals surface area contributed by atoms with Crippen LogP contribution in [-0.2, 0) is 11.3 Å². The van der Waals surface area contributed by atoms with E-state index in [9.17, 15) is 4.79 Å². The van der Waals surface area contributed by atoms with E-state index in [1.54, 1.807) is 0 Å². The summed E-state index contributed by atoms with van der Waals surface area (Å²) in [5.74, 6) is 1.07. The Morgan fingerprint density at radius 3 is 2.50 bits per heavy atom. The highest BCUT2D eigenvalue weighted by molar-refractivity contribution is 8.00. The third-order valence-electron chi connectivity index (χ3n) is 4.64. The fraction of sp³-hybridized carbons (Fsp3) is 0.550. The molecule has 1 aromatic heterocycles. The van der Waals surface area contributed by atoms with Crippen molar-refractivity contribution < 1.29 is 4.79 Å². The summed E-state index contributed by atoms with van der Waals surface area (Å²) < 4.78 is 2.19. The van der Waals surface area contributed by atoms with Gasteiger partial charge in [0.15, 0.2) is 5.16 Å². The smallest absolute Gasteiger partial charge is 0.236 e. The summed E-state index contributed by atoms with van der Waals surface area (Å²) >= 11 is 1.52. The summed E-state index contributed by atoms with van der Waals surface area (Å²) in [6, 6.07) is 10.7. The highest BCUT2D eigenvalue weighted by Crippen LogP contribution is 2.39. The minimum atomic E-state index is -0.248. The Labute approximate surface area is 160 Å². The molecule has 5 nitrogen and oxygen atoms in total. The number of thioether (sulfide) groups is 1. The molecule has 1 aromatic carbocycles. The van der Waals surface area contributed by atoms with Crippen molar-refractivity contribution >= 4 is 17.7 Å². The summed E-state index contributed by atoms with van der Waals surface area (Å²) in [6.07, 6.45) is 2.35. The third-order valence-corrected chi connectivity index (χ3v) is 5.68. The van der Waals surface area contributed by atoms with Gasteiger partial charge in [0.25, 0.3) is 0 Å². The van der Waals surface area contributed by atoms with Crippen molar-refractivity contribution in [3.8, 4) is 0 Å². The van der Waals surface area contributed by atoms with Crippen LogP contribution in [0.25, 0.3) is 0 Å². The molecule has 0 aliphatic heterocycles. The molecular weight excluding hydrogens is 344 g/mol. The number of aryl methyl sites for hydroxylation is 1. The maximum absolute atomic E-state index is 13.2. The first-order valence-corrected chi connectivity index (χ1v) is 10.1. The predicted molar refractivity (Wildman–Crippen MR) is 105 cm³/mol. The van der Waals surface area contributed by atoms with Crippen LogP contribution in [0.3, 0.4) is 0 Å². The second kappa shape index (κ2) is 7.43. The van der Waals surface area contributed by atoms with Crippen molar-refractivity contribution in [2.45, 2.75) is 76.0 Å². The van der Waals surface area contributed by atoms with Crippen LogP contribution in [-0.4, -0.2) is 36.4 Å². The van der Waals surface area contributed by atoms with Crippen molar-refractivity contribution in [3.63, 3.8) is 0 Å². The number of amides is 1.